The van der Waals surface area contributed by atoms with Crippen LogP contribution in [0.3, 0.4) is 0 Å². The Bertz CT molecular complexity index is 894. The standard InChI is InChI=1S/C21H22N2O2/c1-24-16-10-11-17(20(14-16)25-2)19-8-5-13-23(19)21-12-9-15-6-3-4-7-18(15)22-21/h3-4,6-7,9-12,14,19H,5,8,13H2,1-2H3. The van der Waals surface area contributed by atoms with Gasteiger partial charge >= 0.3 is 0 Å². The summed E-state index contributed by atoms with van der Waals surface area (Å²) in [5.41, 5.74) is 2.23. The summed E-state index contributed by atoms with van der Waals surface area (Å²) in [5, 5.41) is 1.17. The summed E-state index contributed by atoms with van der Waals surface area (Å²) in [6.07, 6.45) is 2.24. The molecule has 1 aliphatic rings. The van der Waals surface area contributed by atoms with Gasteiger partial charge in [0.05, 0.1) is 25.8 Å². The Hall–Kier alpha value is -2.75. The van der Waals surface area contributed by atoms with Crippen molar-refractivity contribution in [3.8, 4) is 11.5 Å². The van der Waals surface area contributed by atoms with Gasteiger partial charge in [0.15, 0.2) is 0 Å². The fourth-order valence-electron chi connectivity index (χ4n) is 3.67. The summed E-state index contributed by atoms with van der Waals surface area (Å²) in [6, 6.07) is 18.9. The molecule has 25 heavy (non-hydrogen) atoms. The van der Waals surface area contributed by atoms with E-state index in [-0.39, 0.29) is 6.04 Å². The third-order valence-electron chi connectivity index (χ3n) is 4.93. The molecule has 0 bridgehead atoms. The molecule has 128 valence electrons. The van der Waals surface area contributed by atoms with Gasteiger partial charge in [-0.05, 0) is 43.2 Å². The maximum atomic E-state index is 5.63. The second-order valence-corrected chi connectivity index (χ2v) is 6.32. The van der Waals surface area contributed by atoms with Gasteiger partial charge in [-0.1, -0.05) is 18.2 Å². The predicted octanol–water partition coefficient (Wildman–Crippen LogP) is 4.59. The summed E-state index contributed by atoms with van der Waals surface area (Å²) < 4.78 is 11.0. The van der Waals surface area contributed by atoms with Crippen LogP contribution < -0.4 is 14.4 Å². The minimum Gasteiger partial charge on any atom is -0.497 e. The molecule has 2 heterocycles. The number of aromatic nitrogens is 1. The molecule has 1 saturated heterocycles. The Labute approximate surface area is 148 Å². The van der Waals surface area contributed by atoms with Gasteiger partial charge in [-0.2, -0.15) is 0 Å². The Balaban J connectivity index is 1.72. The number of benzene rings is 2. The SMILES string of the molecule is COc1ccc(C2CCCN2c2ccc3ccccc3n2)c(OC)c1. The van der Waals surface area contributed by atoms with Crippen LogP contribution in [0.5, 0.6) is 11.5 Å². The lowest BCUT2D eigenvalue weighted by molar-refractivity contribution is 0.388. The zero-order valence-corrected chi connectivity index (χ0v) is 14.6. The molecular weight excluding hydrogens is 312 g/mol. The lowest BCUT2D eigenvalue weighted by Crippen LogP contribution is -2.23. The van der Waals surface area contributed by atoms with E-state index in [1.807, 2.05) is 24.3 Å². The van der Waals surface area contributed by atoms with Gasteiger partial charge in [0.1, 0.15) is 17.3 Å². The number of hydrogen-bond donors (Lipinski definition) is 0. The number of anilines is 1. The van der Waals surface area contributed by atoms with Crippen molar-refractivity contribution in [1.29, 1.82) is 0 Å². The van der Waals surface area contributed by atoms with Gasteiger partial charge in [0, 0.05) is 23.6 Å². The fraction of sp³-hybridized carbons (Fsp3) is 0.286. The van der Waals surface area contributed by atoms with E-state index in [0.29, 0.717) is 0 Å². The molecule has 0 spiro atoms. The first-order valence-corrected chi connectivity index (χ1v) is 8.64. The average Bonchev–Trinajstić information content (AvgIpc) is 3.16. The van der Waals surface area contributed by atoms with Crippen LogP contribution in [0.4, 0.5) is 5.82 Å². The van der Waals surface area contributed by atoms with Gasteiger partial charge in [-0.15, -0.1) is 0 Å². The van der Waals surface area contributed by atoms with E-state index in [1.165, 1.54) is 10.9 Å². The minimum absolute atomic E-state index is 0.273. The maximum absolute atomic E-state index is 5.63. The van der Waals surface area contributed by atoms with Crippen LogP contribution in [0, 0.1) is 0 Å². The summed E-state index contributed by atoms with van der Waals surface area (Å²) in [7, 11) is 3.39. The van der Waals surface area contributed by atoms with Crippen molar-refractivity contribution < 1.29 is 9.47 Å². The van der Waals surface area contributed by atoms with Crippen LogP contribution in [0.25, 0.3) is 10.9 Å². The third-order valence-corrected chi connectivity index (χ3v) is 4.93. The number of nitrogens with zero attached hydrogens (tertiary/aromatic N) is 2. The first-order chi connectivity index (χ1) is 12.3. The molecular formula is C21H22N2O2. The normalized spacial score (nSPS) is 17.0. The molecule has 0 aliphatic carbocycles. The summed E-state index contributed by atoms with van der Waals surface area (Å²) in [4.78, 5) is 7.27. The van der Waals surface area contributed by atoms with Crippen molar-refractivity contribution in [2.45, 2.75) is 18.9 Å². The Kier molecular flexibility index (Phi) is 4.18. The highest BCUT2D eigenvalue weighted by Gasteiger charge is 2.29. The quantitative estimate of drug-likeness (QED) is 0.699. The minimum atomic E-state index is 0.273. The first-order valence-electron chi connectivity index (χ1n) is 8.64. The number of hydrogen-bond acceptors (Lipinski definition) is 4. The Morgan fingerprint density at radius 3 is 2.72 bits per heavy atom. The van der Waals surface area contributed by atoms with Gasteiger partial charge < -0.3 is 14.4 Å². The van der Waals surface area contributed by atoms with E-state index in [4.69, 9.17) is 14.5 Å². The van der Waals surface area contributed by atoms with Crippen molar-refractivity contribution >= 4 is 16.7 Å². The monoisotopic (exact) mass is 334 g/mol. The van der Waals surface area contributed by atoms with Crippen LogP contribution in [-0.4, -0.2) is 25.7 Å². The Morgan fingerprint density at radius 2 is 1.88 bits per heavy atom. The molecule has 0 amide bonds. The molecule has 1 unspecified atom stereocenters. The zero-order valence-electron chi connectivity index (χ0n) is 14.6. The number of fused-ring (bicyclic) bond motifs is 1. The summed E-state index contributed by atoms with van der Waals surface area (Å²) >= 11 is 0. The van der Waals surface area contributed by atoms with Crippen LogP contribution in [-0.2, 0) is 0 Å². The van der Waals surface area contributed by atoms with Gasteiger partial charge in [0.25, 0.3) is 0 Å². The van der Waals surface area contributed by atoms with E-state index in [1.54, 1.807) is 14.2 Å². The van der Waals surface area contributed by atoms with Crippen molar-refractivity contribution in [2.24, 2.45) is 0 Å². The fourth-order valence-corrected chi connectivity index (χ4v) is 3.67. The number of rotatable bonds is 4. The molecule has 1 atom stereocenters. The van der Waals surface area contributed by atoms with Crippen molar-refractivity contribution in [3.05, 3.63) is 60.2 Å². The number of para-hydroxylation sites is 1. The second kappa shape index (κ2) is 6.63. The van der Waals surface area contributed by atoms with Crippen LogP contribution in [0.15, 0.2) is 54.6 Å². The number of methoxy groups -OCH3 is 2. The molecule has 4 rings (SSSR count). The zero-order chi connectivity index (χ0) is 17.2. The van der Waals surface area contributed by atoms with Gasteiger partial charge in [0.2, 0.25) is 0 Å². The molecule has 0 N–H and O–H groups in total. The van der Waals surface area contributed by atoms with Gasteiger partial charge in [-0.25, -0.2) is 4.98 Å². The highest BCUT2D eigenvalue weighted by molar-refractivity contribution is 5.80. The second-order valence-electron chi connectivity index (χ2n) is 6.32. The number of ether oxygens (including phenoxy) is 2. The molecule has 1 aromatic heterocycles. The van der Waals surface area contributed by atoms with E-state index in [0.717, 1.165) is 42.2 Å². The third kappa shape index (κ3) is 2.88. The predicted molar refractivity (Wildman–Crippen MR) is 101 cm³/mol. The van der Waals surface area contributed by atoms with Crippen molar-refractivity contribution in [2.75, 3.05) is 25.7 Å². The smallest absolute Gasteiger partial charge is 0.129 e. The molecule has 4 nitrogen and oxygen atoms in total. The Morgan fingerprint density at radius 1 is 1.00 bits per heavy atom. The maximum Gasteiger partial charge on any atom is 0.129 e. The highest BCUT2D eigenvalue weighted by Crippen LogP contribution is 2.40. The molecule has 1 aliphatic heterocycles. The largest absolute Gasteiger partial charge is 0.497 e. The van der Waals surface area contributed by atoms with Crippen LogP contribution in [0.2, 0.25) is 0 Å². The van der Waals surface area contributed by atoms with Crippen LogP contribution in [0.1, 0.15) is 24.4 Å². The molecule has 4 heteroatoms. The van der Waals surface area contributed by atoms with Crippen LogP contribution >= 0.6 is 0 Å². The van der Waals surface area contributed by atoms with Crippen molar-refractivity contribution in [3.63, 3.8) is 0 Å². The molecule has 1 fully saturated rings. The highest BCUT2D eigenvalue weighted by atomic mass is 16.5. The lowest BCUT2D eigenvalue weighted by atomic mass is 10.0. The number of pyridine rings is 1. The molecule has 2 aromatic carbocycles. The summed E-state index contributed by atoms with van der Waals surface area (Å²) in [5.74, 6) is 2.71. The lowest BCUT2D eigenvalue weighted by Gasteiger charge is -2.27. The molecule has 0 radical (unpaired) electrons. The van der Waals surface area contributed by atoms with E-state index in [9.17, 15) is 0 Å². The average molecular weight is 334 g/mol. The first kappa shape index (κ1) is 15.8. The van der Waals surface area contributed by atoms with E-state index < -0.39 is 0 Å². The van der Waals surface area contributed by atoms with E-state index in [2.05, 4.69) is 35.2 Å². The molecule has 3 aromatic rings. The molecule has 0 saturated carbocycles. The van der Waals surface area contributed by atoms with Gasteiger partial charge in [-0.3, -0.25) is 0 Å². The van der Waals surface area contributed by atoms with Crippen molar-refractivity contribution in [1.82, 2.24) is 4.98 Å². The van der Waals surface area contributed by atoms with E-state index >= 15 is 0 Å². The summed E-state index contributed by atoms with van der Waals surface area (Å²) in [6.45, 7) is 1.01. The topological polar surface area (TPSA) is 34.6 Å².